The van der Waals surface area contributed by atoms with Crippen molar-refractivity contribution in [2.75, 3.05) is 10.4 Å². The smallest absolute Gasteiger partial charge is 0.311 e. The van der Waals surface area contributed by atoms with Gasteiger partial charge in [-0.1, -0.05) is 50.2 Å². The van der Waals surface area contributed by atoms with Gasteiger partial charge in [0.2, 0.25) is 0 Å². The number of carboxylic acids is 1. The summed E-state index contributed by atoms with van der Waals surface area (Å²) in [5.74, 6) is -2.24. The SMILES string of the molecule is CC1=NN(c2ccc(C)c(C)c2)C(=O)C1=NNc1cc(-c2ccccc2O)ccc1C(C(=O)O)C(C)C. The first-order valence-electron chi connectivity index (χ1n) is 12.0. The van der Waals surface area contributed by atoms with E-state index in [2.05, 4.69) is 15.6 Å². The summed E-state index contributed by atoms with van der Waals surface area (Å²) in [4.78, 5) is 25.4. The van der Waals surface area contributed by atoms with E-state index in [1.54, 1.807) is 43.3 Å². The third-order valence-corrected chi connectivity index (χ3v) is 6.55. The number of para-hydroxylation sites is 1. The predicted octanol–water partition coefficient (Wildman–Crippen LogP) is 5.69. The fraction of sp³-hybridized carbons (Fsp3) is 0.241. The Balaban J connectivity index is 1.74. The number of nitrogens with one attached hydrogen (secondary N) is 1. The molecule has 3 N–H and O–H groups in total. The monoisotopic (exact) mass is 498 g/mol. The lowest BCUT2D eigenvalue weighted by atomic mass is 9.86. The molecule has 0 saturated heterocycles. The summed E-state index contributed by atoms with van der Waals surface area (Å²) in [5, 5.41) is 30.4. The lowest BCUT2D eigenvalue weighted by Gasteiger charge is -2.21. The van der Waals surface area contributed by atoms with Crippen molar-refractivity contribution in [3.8, 4) is 16.9 Å². The van der Waals surface area contributed by atoms with Crippen molar-refractivity contribution in [1.82, 2.24) is 0 Å². The number of amides is 1. The molecular formula is C29H30N4O4. The molecule has 1 atom stereocenters. The number of rotatable bonds is 7. The van der Waals surface area contributed by atoms with Gasteiger partial charge < -0.3 is 10.2 Å². The van der Waals surface area contributed by atoms with Crippen LogP contribution in [0.4, 0.5) is 11.4 Å². The summed E-state index contributed by atoms with van der Waals surface area (Å²) in [6.45, 7) is 9.35. The normalized spacial score (nSPS) is 15.3. The van der Waals surface area contributed by atoms with Crippen LogP contribution in [0.3, 0.4) is 0 Å². The van der Waals surface area contributed by atoms with Crippen molar-refractivity contribution in [1.29, 1.82) is 0 Å². The van der Waals surface area contributed by atoms with Gasteiger partial charge in [-0.15, -0.1) is 0 Å². The van der Waals surface area contributed by atoms with Gasteiger partial charge in [-0.05, 0) is 73.2 Å². The quantitative estimate of drug-likeness (QED) is 0.362. The van der Waals surface area contributed by atoms with Gasteiger partial charge in [0, 0.05) is 5.56 Å². The average Bonchev–Trinajstić information content (AvgIpc) is 3.13. The molecule has 3 aromatic rings. The zero-order valence-corrected chi connectivity index (χ0v) is 21.5. The molecule has 0 aliphatic carbocycles. The third-order valence-electron chi connectivity index (χ3n) is 6.55. The number of phenolic OH excluding ortho intramolecular Hbond substituents is 1. The van der Waals surface area contributed by atoms with Crippen LogP contribution in [0.5, 0.6) is 5.75 Å². The van der Waals surface area contributed by atoms with Gasteiger partial charge in [0.05, 0.1) is 23.0 Å². The van der Waals surface area contributed by atoms with Gasteiger partial charge in [-0.25, -0.2) is 0 Å². The van der Waals surface area contributed by atoms with E-state index in [-0.39, 0.29) is 23.3 Å². The molecule has 0 spiro atoms. The number of aliphatic carboxylic acids is 1. The van der Waals surface area contributed by atoms with E-state index in [9.17, 15) is 19.8 Å². The fourth-order valence-electron chi connectivity index (χ4n) is 4.36. The highest BCUT2D eigenvalue weighted by Crippen LogP contribution is 2.37. The van der Waals surface area contributed by atoms with Gasteiger partial charge in [-0.3, -0.25) is 15.0 Å². The van der Waals surface area contributed by atoms with Gasteiger partial charge >= 0.3 is 11.9 Å². The number of carboxylic acid groups (broad SMARTS) is 1. The van der Waals surface area contributed by atoms with E-state index in [0.717, 1.165) is 11.1 Å². The first kappa shape index (κ1) is 25.6. The van der Waals surface area contributed by atoms with E-state index < -0.39 is 11.9 Å². The Morgan fingerprint density at radius 2 is 1.73 bits per heavy atom. The molecular weight excluding hydrogens is 468 g/mol. The Kier molecular flexibility index (Phi) is 7.11. The number of nitrogens with zero attached hydrogens (tertiary/aromatic N) is 3. The lowest BCUT2D eigenvalue weighted by molar-refractivity contribution is -0.139. The molecule has 1 heterocycles. The van der Waals surface area contributed by atoms with E-state index in [4.69, 9.17) is 0 Å². The number of benzene rings is 3. The molecule has 0 fully saturated rings. The standard InChI is InChI=1S/C29H30N4O4/c1-16(2)26(29(36)37)23-13-11-20(22-8-6-7-9-25(22)34)15-24(23)30-31-27-19(5)32-33(28(27)35)21-12-10-17(3)18(4)14-21/h6-16,26,30,34H,1-5H3,(H,36,37). The van der Waals surface area contributed by atoms with E-state index in [1.165, 1.54) is 5.01 Å². The maximum Gasteiger partial charge on any atom is 0.311 e. The second-order valence-corrected chi connectivity index (χ2v) is 9.52. The fourth-order valence-corrected chi connectivity index (χ4v) is 4.36. The Morgan fingerprint density at radius 1 is 1.00 bits per heavy atom. The largest absolute Gasteiger partial charge is 0.507 e. The van der Waals surface area contributed by atoms with Crippen LogP contribution in [0.15, 0.2) is 70.9 Å². The second kappa shape index (κ2) is 10.3. The van der Waals surface area contributed by atoms with E-state index in [1.807, 2.05) is 52.0 Å². The Bertz CT molecular complexity index is 1440. The number of hydrogen-bond acceptors (Lipinski definition) is 6. The van der Waals surface area contributed by atoms with Gasteiger partial charge in [-0.2, -0.15) is 15.2 Å². The maximum absolute atomic E-state index is 13.2. The molecule has 1 aliphatic heterocycles. The minimum atomic E-state index is -0.961. The number of phenols is 1. The highest BCUT2D eigenvalue weighted by molar-refractivity contribution is 6.71. The Morgan fingerprint density at radius 3 is 2.38 bits per heavy atom. The molecule has 0 aromatic heterocycles. The predicted molar refractivity (Wildman–Crippen MR) is 146 cm³/mol. The molecule has 37 heavy (non-hydrogen) atoms. The van der Waals surface area contributed by atoms with Crippen molar-refractivity contribution in [3.05, 3.63) is 77.4 Å². The molecule has 8 heteroatoms. The zero-order valence-electron chi connectivity index (χ0n) is 21.5. The molecule has 0 radical (unpaired) electrons. The number of hydrogen-bond donors (Lipinski definition) is 3. The van der Waals surface area contributed by atoms with Crippen LogP contribution in [0.1, 0.15) is 43.4 Å². The molecule has 3 aromatic carbocycles. The number of carbonyl (C=O) groups is 2. The number of anilines is 2. The van der Waals surface area contributed by atoms with Crippen molar-refractivity contribution in [2.45, 2.75) is 40.5 Å². The summed E-state index contributed by atoms with van der Waals surface area (Å²) >= 11 is 0. The third kappa shape index (κ3) is 5.09. The second-order valence-electron chi connectivity index (χ2n) is 9.52. The summed E-state index contributed by atoms with van der Waals surface area (Å²) in [6, 6.07) is 17.8. The van der Waals surface area contributed by atoms with Crippen LogP contribution in [-0.2, 0) is 9.59 Å². The minimum absolute atomic E-state index is 0.101. The van der Waals surface area contributed by atoms with Crippen molar-refractivity contribution in [2.24, 2.45) is 16.1 Å². The summed E-state index contributed by atoms with van der Waals surface area (Å²) in [6.07, 6.45) is 0. The summed E-state index contributed by atoms with van der Waals surface area (Å²) in [7, 11) is 0. The molecule has 1 aliphatic rings. The number of carbonyl (C=O) groups excluding carboxylic acids is 1. The number of aryl methyl sites for hydroxylation is 2. The van der Waals surface area contributed by atoms with Gasteiger partial charge in [0.15, 0.2) is 5.71 Å². The first-order chi connectivity index (χ1) is 17.6. The topological polar surface area (TPSA) is 115 Å². The maximum atomic E-state index is 13.2. The van der Waals surface area contributed by atoms with Crippen LogP contribution in [0, 0.1) is 19.8 Å². The molecule has 190 valence electrons. The number of hydrazone groups is 2. The number of aromatic hydroxyl groups is 1. The van der Waals surface area contributed by atoms with Gasteiger partial charge in [0.25, 0.3) is 0 Å². The molecule has 4 rings (SSSR count). The molecule has 0 saturated carbocycles. The lowest BCUT2D eigenvalue weighted by Crippen LogP contribution is -2.28. The van der Waals surface area contributed by atoms with Crippen LogP contribution in [0.25, 0.3) is 11.1 Å². The Labute approximate surface area is 216 Å². The van der Waals surface area contributed by atoms with Crippen molar-refractivity contribution in [3.63, 3.8) is 0 Å². The summed E-state index contributed by atoms with van der Waals surface area (Å²) in [5.41, 5.74) is 8.54. The highest BCUT2D eigenvalue weighted by atomic mass is 16.4. The molecule has 8 nitrogen and oxygen atoms in total. The van der Waals surface area contributed by atoms with E-state index >= 15 is 0 Å². The minimum Gasteiger partial charge on any atom is -0.507 e. The van der Waals surface area contributed by atoms with Crippen LogP contribution < -0.4 is 10.4 Å². The zero-order chi connectivity index (χ0) is 26.9. The van der Waals surface area contributed by atoms with Crippen molar-refractivity contribution < 1.29 is 19.8 Å². The van der Waals surface area contributed by atoms with Crippen LogP contribution >= 0.6 is 0 Å². The molecule has 1 unspecified atom stereocenters. The van der Waals surface area contributed by atoms with Crippen LogP contribution in [0.2, 0.25) is 0 Å². The van der Waals surface area contributed by atoms with Gasteiger partial charge in [0.1, 0.15) is 5.75 Å². The first-order valence-corrected chi connectivity index (χ1v) is 12.0. The van der Waals surface area contributed by atoms with Crippen molar-refractivity contribution >= 4 is 34.7 Å². The van der Waals surface area contributed by atoms with E-state index in [0.29, 0.717) is 33.8 Å². The molecule has 0 bridgehead atoms. The Hall–Kier alpha value is -4.46. The highest BCUT2D eigenvalue weighted by Gasteiger charge is 2.32. The molecule has 1 amide bonds. The average molecular weight is 499 g/mol. The summed E-state index contributed by atoms with van der Waals surface area (Å²) < 4.78 is 0. The van der Waals surface area contributed by atoms with Crippen LogP contribution in [-0.4, -0.2) is 33.5 Å².